The van der Waals surface area contributed by atoms with Gasteiger partial charge < -0.3 is 10.5 Å². The van der Waals surface area contributed by atoms with Crippen LogP contribution in [0.4, 0.5) is 30.7 Å². The molecule has 108 valence electrons. The van der Waals surface area contributed by atoms with Crippen LogP contribution in [0, 0.1) is 5.82 Å². The third-order valence-corrected chi connectivity index (χ3v) is 2.06. The maximum absolute atomic E-state index is 13.2. The molecule has 19 heavy (non-hydrogen) atoms. The summed E-state index contributed by atoms with van der Waals surface area (Å²) >= 11 is 0. The Morgan fingerprint density at radius 2 is 1.68 bits per heavy atom. The molecule has 1 aromatic carbocycles. The second-order valence-corrected chi connectivity index (χ2v) is 3.66. The summed E-state index contributed by atoms with van der Waals surface area (Å²) < 4.78 is 88.2. The highest BCUT2D eigenvalue weighted by Crippen LogP contribution is 2.31. The summed E-state index contributed by atoms with van der Waals surface area (Å²) in [5.74, 6) is -2.57. The van der Waals surface area contributed by atoms with Crippen molar-refractivity contribution in [1.29, 1.82) is 0 Å². The van der Waals surface area contributed by atoms with E-state index in [-0.39, 0.29) is 5.56 Å². The summed E-state index contributed by atoms with van der Waals surface area (Å²) in [6, 6.07) is 0.348. The average molecular weight is 291 g/mol. The molecule has 0 aliphatic carbocycles. The Bertz CT molecular complexity index is 440. The summed E-state index contributed by atoms with van der Waals surface area (Å²) in [4.78, 5) is 0. The summed E-state index contributed by atoms with van der Waals surface area (Å²) in [5.41, 5.74) is 4.90. The molecule has 0 aliphatic heterocycles. The van der Waals surface area contributed by atoms with E-state index >= 15 is 0 Å². The highest BCUT2D eigenvalue weighted by atomic mass is 19.4. The van der Waals surface area contributed by atoms with Gasteiger partial charge in [-0.2, -0.15) is 13.2 Å². The minimum absolute atomic E-state index is 0.274. The van der Waals surface area contributed by atoms with Crippen molar-refractivity contribution in [2.24, 2.45) is 5.73 Å². The van der Waals surface area contributed by atoms with E-state index in [0.29, 0.717) is 12.1 Å². The number of alkyl halides is 6. The van der Waals surface area contributed by atoms with Crippen molar-refractivity contribution in [2.75, 3.05) is 0 Å². The number of hydrogen-bond donors (Lipinski definition) is 1. The Morgan fingerprint density at radius 1 is 1.11 bits per heavy atom. The van der Waals surface area contributed by atoms with E-state index in [2.05, 4.69) is 4.74 Å². The fraction of sp³-hybridized carbons (Fsp3) is 0.400. The van der Waals surface area contributed by atoms with Gasteiger partial charge in [-0.3, -0.25) is 0 Å². The van der Waals surface area contributed by atoms with Gasteiger partial charge in [0.1, 0.15) is 0 Å². The molecule has 2 nitrogen and oxygen atoms in total. The molecule has 0 unspecified atom stereocenters. The molecule has 0 aliphatic rings. The molecule has 0 heterocycles. The molecule has 9 heteroatoms. The van der Waals surface area contributed by atoms with Crippen LogP contribution in [-0.4, -0.2) is 12.5 Å². The first-order valence-corrected chi connectivity index (χ1v) is 4.85. The molecule has 0 saturated heterocycles. The Hall–Kier alpha value is -1.51. The van der Waals surface area contributed by atoms with Gasteiger partial charge >= 0.3 is 12.5 Å². The van der Waals surface area contributed by atoms with E-state index in [4.69, 9.17) is 5.73 Å². The van der Waals surface area contributed by atoms with Crippen molar-refractivity contribution in [1.82, 2.24) is 0 Å². The normalized spacial score (nSPS) is 14.3. The van der Waals surface area contributed by atoms with Crippen LogP contribution in [0.15, 0.2) is 18.2 Å². The maximum atomic E-state index is 13.2. The van der Waals surface area contributed by atoms with E-state index in [1.807, 2.05) is 0 Å². The summed E-state index contributed by atoms with van der Waals surface area (Å²) in [6.07, 6.45) is -11.1. The van der Waals surface area contributed by atoms with E-state index in [1.54, 1.807) is 0 Å². The highest BCUT2D eigenvalue weighted by Gasteiger charge is 2.33. The van der Waals surface area contributed by atoms with Crippen LogP contribution in [0.3, 0.4) is 0 Å². The third-order valence-electron chi connectivity index (χ3n) is 2.06. The lowest BCUT2D eigenvalue weighted by atomic mass is 10.0. The third kappa shape index (κ3) is 5.33. The van der Waals surface area contributed by atoms with Crippen molar-refractivity contribution in [3.63, 3.8) is 0 Å². The fourth-order valence-corrected chi connectivity index (χ4v) is 1.32. The van der Waals surface area contributed by atoms with E-state index in [1.165, 1.54) is 0 Å². The zero-order valence-corrected chi connectivity index (χ0v) is 9.15. The molecule has 1 atom stereocenters. The number of ether oxygens (including phenoxy) is 1. The van der Waals surface area contributed by atoms with Gasteiger partial charge in [-0.25, -0.2) is 4.39 Å². The number of benzene rings is 1. The van der Waals surface area contributed by atoms with Gasteiger partial charge in [-0.1, -0.05) is 6.07 Å². The van der Waals surface area contributed by atoms with Crippen molar-refractivity contribution in [2.45, 2.75) is 25.0 Å². The maximum Gasteiger partial charge on any atom is 0.573 e. The molecule has 0 saturated carbocycles. The molecule has 0 spiro atoms. The van der Waals surface area contributed by atoms with Gasteiger partial charge in [0.25, 0.3) is 0 Å². The second kappa shape index (κ2) is 5.24. The minimum Gasteiger partial charge on any atom is -0.403 e. The molecule has 1 rings (SSSR count). The lowest BCUT2D eigenvalue weighted by Gasteiger charge is -2.16. The molecule has 0 fully saturated rings. The largest absolute Gasteiger partial charge is 0.573 e. The van der Waals surface area contributed by atoms with Gasteiger partial charge in [0.2, 0.25) is 0 Å². The first-order valence-electron chi connectivity index (χ1n) is 4.85. The van der Waals surface area contributed by atoms with Crippen LogP contribution < -0.4 is 10.5 Å². The van der Waals surface area contributed by atoms with Crippen LogP contribution in [0.25, 0.3) is 0 Å². The molecule has 0 radical (unpaired) electrons. The zero-order chi connectivity index (χ0) is 14.8. The van der Waals surface area contributed by atoms with Crippen molar-refractivity contribution in [3.8, 4) is 5.75 Å². The molecule has 0 aromatic heterocycles. The predicted molar refractivity (Wildman–Crippen MR) is 50.7 cm³/mol. The first-order chi connectivity index (χ1) is 8.48. The Balaban J connectivity index is 2.88. The summed E-state index contributed by atoms with van der Waals surface area (Å²) in [6.45, 7) is 0. The summed E-state index contributed by atoms with van der Waals surface area (Å²) in [5, 5.41) is 0. The van der Waals surface area contributed by atoms with E-state index in [0.717, 1.165) is 6.07 Å². The molecular weight excluding hydrogens is 283 g/mol. The lowest BCUT2D eigenvalue weighted by molar-refractivity contribution is -0.275. The molecular formula is C10H8F7NO. The first kappa shape index (κ1) is 15.5. The predicted octanol–water partition coefficient (Wildman–Crippen LogP) is 3.68. The summed E-state index contributed by atoms with van der Waals surface area (Å²) in [7, 11) is 0. The zero-order valence-electron chi connectivity index (χ0n) is 9.15. The van der Waals surface area contributed by atoms with Crippen LogP contribution in [0.1, 0.15) is 18.0 Å². The molecule has 0 bridgehead atoms. The average Bonchev–Trinajstić information content (AvgIpc) is 2.16. The molecule has 0 amide bonds. The van der Waals surface area contributed by atoms with Crippen LogP contribution in [-0.2, 0) is 0 Å². The van der Waals surface area contributed by atoms with Gasteiger partial charge in [0, 0.05) is 6.04 Å². The Labute approximate surface area is 103 Å². The number of hydrogen-bond acceptors (Lipinski definition) is 2. The van der Waals surface area contributed by atoms with Crippen molar-refractivity contribution < 1.29 is 35.5 Å². The van der Waals surface area contributed by atoms with Crippen LogP contribution in [0.2, 0.25) is 0 Å². The quantitative estimate of drug-likeness (QED) is 0.862. The van der Waals surface area contributed by atoms with Crippen LogP contribution in [0.5, 0.6) is 5.75 Å². The highest BCUT2D eigenvalue weighted by molar-refractivity contribution is 5.31. The van der Waals surface area contributed by atoms with Crippen molar-refractivity contribution in [3.05, 3.63) is 29.6 Å². The van der Waals surface area contributed by atoms with Gasteiger partial charge in [-0.05, 0) is 17.7 Å². The van der Waals surface area contributed by atoms with Gasteiger partial charge in [-0.15, -0.1) is 13.2 Å². The molecule has 1 aromatic rings. The monoisotopic (exact) mass is 291 g/mol. The number of halogens is 7. The fourth-order valence-electron chi connectivity index (χ4n) is 1.32. The number of rotatable bonds is 3. The lowest BCUT2D eigenvalue weighted by Crippen LogP contribution is -2.21. The topological polar surface area (TPSA) is 35.2 Å². The SMILES string of the molecule is N[C@H](CC(F)(F)F)c1ccc(OC(F)(F)F)c(F)c1. The second-order valence-electron chi connectivity index (χ2n) is 3.66. The Morgan fingerprint density at radius 3 is 2.11 bits per heavy atom. The van der Waals surface area contributed by atoms with E-state index in [9.17, 15) is 30.7 Å². The van der Waals surface area contributed by atoms with Crippen molar-refractivity contribution >= 4 is 0 Å². The van der Waals surface area contributed by atoms with Gasteiger partial charge in [0.15, 0.2) is 11.6 Å². The smallest absolute Gasteiger partial charge is 0.403 e. The number of nitrogens with two attached hydrogens (primary N) is 1. The minimum atomic E-state index is -5.09. The van der Waals surface area contributed by atoms with E-state index < -0.39 is 36.6 Å². The van der Waals surface area contributed by atoms with Crippen LogP contribution >= 0.6 is 0 Å². The Kier molecular flexibility index (Phi) is 4.28. The van der Waals surface area contributed by atoms with Gasteiger partial charge in [0.05, 0.1) is 6.42 Å². The molecule has 2 N–H and O–H groups in total. The standard InChI is InChI=1S/C10H8F7NO/c11-6-3-5(7(18)4-9(12,13)14)1-2-8(6)19-10(15,16)17/h1-3,7H,4,18H2/t7-/m1/s1.